The Kier molecular flexibility index (Phi) is 4.58. The van der Waals surface area contributed by atoms with Gasteiger partial charge in [0.1, 0.15) is 23.6 Å². The molecule has 7 nitrogen and oxygen atoms in total. The molecular weight excluding hydrogens is 342 g/mol. The fourth-order valence-corrected chi connectivity index (χ4v) is 3.21. The van der Waals surface area contributed by atoms with Gasteiger partial charge in [-0.2, -0.15) is 0 Å². The van der Waals surface area contributed by atoms with Crippen LogP contribution in [0.1, 0.15) is 41.7 Å². The number of rotatable bonds is 0. The Balaban J connectivity index is 1.77. The van der Waals surface area contributed by atoms with Gasteiger partial charge in [-0.05, 0) is 51.0 Å². The summed E-state index contributed by atoms with van der Waals surface area (Å²) in [6.07, 6.45) is 3.47. The Morgan fingerprint density at radius 2 is 2.15 bits per heavy atom. The predicted molar refractivity (Wildman–Crippen MR) is 102 cm³/mol. The van der Waals surface area contributed by atoms with Gasteiger partial charge in [0.15, 0.2) is 5.82 Å². The molecule has 1 atom stereocenters. The average molecular weight is 363 g/mol. The molecule has 4 rings (SSSR count). The summed E-state index contributed by atoms with van der Waals surface area (Å²) >= 11 is 0. The molecule has 0 fully saturated rings. The molecule has 1 aromatic carbocycles. The van der Waals surface area contributed by atoms with Crippen LogP contribution in [0.4, 0.5) is 5.82 Å². The van der Waals surface area contributed by atoms with Crippen LogP contribution in [0.15, 0.2) is 42.7 Å². The molecule has 138 valence electrons. The summed E-state index contributed by atoms with van der Waals surface area (Å²) in [6.45, 7) is 4.61. The molecule has 0 radical (unpaired) electrons. The molecule has 1 aliphatic heterocycles. The van der Waals surface area contributed by atoms with Crippen molar-refractivity contribution in [1.82, 2.24) is 19.7 Å². The summed E-state index contributed by atoms with van der Waals surface area (Å²) < 4.78 is 7.92. The van der Waals surface area contributed by atoms with Crippen LogP contribution in [0.2, 0.25) is 0 Å². The maximum Gasteiger partial charge on any atom is 0.260 e. The van der Waals surface area contributed by atoms with Crippen molar-refractivity contribution >= 4 is 11.7 Å². The lowest BCUT2D eigenvalue weighted by atomic mass is 10.1. The maximum absolute atomic E-state index is 12.8. The van der Waals surface area contributed by atoms with E-state index in [2.05, 4.69) is 27.4 Å². The van der Waals surface area contributed by atoms with Crippen molar-refractivity contribution in [3.8, 4) is 17.3 Å². The summed E-state index contributed by atoms with van der Waals surface area (Å²) in [5.74, 6) is 1.49. The molecule has 1 unspecified atom stereocenters. The number of amides is 1. The highest BCUT2D eigenvalue weighted by atomic mass is 16.5. The summed E-state index contributed by atoms with van der Waals surface area (Å²) in [7, 11) is 0. The van der Waals surface area contributed by atoms with Crippen LogP contribution in [0.5, 0.6) is 5.75 Å². The standard InChI is InChI=1S/C20H21N5O2/c1-13-8-9-17-15(11-13)20(26)23-18-7-3-6-16(22-18)19-24-21-12-25(19)14(2)5-4-10-27-17/h3,6-9,11-12,14H,4-5,10H2,1-2H3,(H,22,23,26). The van der Waals surface area contributed by atoms with E-state index in [-0.39, 0.29) is 11.9 Å². The van der Waals surface area contributed by atoms with Crippen molar-refractivity contribution in [2.45, 2.75) is 32.7 Å². The third kappa shape index (κ3) is 3.53. The first kappa shape index (κ1) is 17.2. The van der Waals surface area contributed by atoms with Gasteiger partial charge < -0.3 is 14.6 Å². The lowest BCUT2D eigenvalue weighted by Gasteiger charge is -2.17. The molecule has 2 aromatic heterocycles. The number of hydrogen-bond acceptors (Lipinski definition) is 5. The zero-order valence-electron chi connectivity index (χ0n) is 15.3. The lowest BCUT2D eigenvalue weighted by Crippen LogP contribution is -2.16. The van der Waals surface area contributed by atoms with Gasteiger partial charge in [-0.25, -0.2) is 4.98 Å². The highest BCUT2D eigenvalue weighted by molar-refractivity contribution is 6.06. The number of aryl methyl sites for hydroxylation is 1. The number of nitrogens with one attached hydrogen (secondary N) is 1. The summed E-state index contributed by atoms with van der Waals surface area (Å²) in [5, 5.41) is 11.1. The monoisotopic (exact) mass is 363 g/mol. The van der Waals surface area contributed by atoms with E-state index in [9.17, 15) is 4.79 Å². The second kappa shape index (κ2) is 7.19. The number of ether oxygens (including phenoxy) is 1. The number of carbonyl (C=O) groups excluding carboxylic acids is 1. The summed E-state index contributed by atoms with van der Waals surface area (Å²) in [6, 6.07) is 11.3. The molecule has 1 aliphatic rings. The van der Waals surface area contributed by atoms with E-state index >= 15 is 0 Å². The number of nitrogens with zero attached hydrogens (tertiary/aromatic N) is 4. The molecule has 7 heteroatoms. The normalized spacial score (nSPS) is 17.1. The van der Waals surface area contributed by atoms with Crippen molar-refractivity contribution in [3.63, 3.8) is 0 Å². The minimum Gasteiger partial charge on any atom is -0.493 e. The van der Waals surface area contributed by atoms with Gasteiger partial charge >= 0.3 is 0 Å². The zero-order valence-corrected chi connectivity index (χ0v) is 15.3. The van der Waals surface area contributed by atoms with Crippen molar-refractivity contribution in [3.05, 3.63) is 53.9 Å². The fourth-order valence-electron chi connectivity index (χ4n) is 3.21. The van der Waals surface area contributed by atoms with Gasteiger partial charge in [-0.15, -0.1) is 10.2 Å². The molecule has 27 heavy (non-hydrogen) atoms. The van der Waals surface area contributed by atoms with E-state index < -0.39 is 0 Å². The van der Waals surface area contributed by atoms with E-state index in [1.807, 2.05) is 41.8 Å². The van der Waals surface area contributed by atoms with Crippen LogP contribution in [0, 0.1) is 6.92 Å². The summed E-state index contributed by atoms with van der Waals surface area (Å²) in [5.41, 5.74) is 2.18. The van der Waals surface area contributed by atoms with E-state index in [0.29, 0.717) is 35.3 Å². The molecule has 1 N–H and O–H groups in total. The van der Waals surface area contributed by atoms with Crippen LogP contribution < -0.4 is 10.1 Å². The average Bonchev–Trinajstić information content (AvgIpc) is 3.15. The van der Waals surface area contributed by atoms with Gasteiger partial charge in [0.2, 0.25) is 0 Å². The van der Waals surface area contributed by atoms with Gasteiger partial charge in [-0.3, -0.25) is 4.79 Å². The van der Waals surface area contributed by atoms with Crippen molar-refractivity contribution < 1.29 is 9.53 Å². The van der Waals surface area contributed by atoms with Crippen LogP contribution in [0.3, 0.4) is 0 Å². The third-order valence-electron chi connectivity index (χ3n) is 4.67. The van der Waals surface area contributed by atoms with Crippen LogP contribution in [-0.4, -0.2) is 32.3 Å². The maximum atomic E-state index is 12.8. The Hall–Kier alpha value is -3.22. The van der Waals surface area contributed by atoms with Gasteiger partial charge in [-0.1, -0.05) is 17.7 Å². The Morgan fingerprint density at radius 3 is 3.04 bits per heavy atom. The number of hydrogen-bond donors (Lipinski definition) is 1. The number of aromatic nitrogens is 4. The minimum absolute atomic E-state index is 0.207. The van der Waals surface area contributed by atoms with E-state index in [1.165, 1.54) is 0 Å². The number of benzene rings is 1. The second-order valence-corrected chi connectivity index (χ2v) is 6.76. The van der Waals surface area contributed by atoms with E-state index in [1.54, 1.807) is 12.4 Å². The smallest absolute Gasteiger partial charge is 0.260 e. The van der Waals surface area contributed by atoms with Gasteiger partial charge in [0.25, 0.3) is 5.91 Å². The predicted octanol–water partition coefficient (Wildman–Crippen LogP) is 3.63. The van der Waals surface area contributed by atoms with Gasteiger partial charge in [0.05, 0.1) is 12.2 Å². The molecule has 1 amide bonds. The van der Waals surface area contributed by atoms with Crippen LogP contribution in [-0.2, 0) is 0 Å². The number of fused-ring (bicyclic) bond motifs is 5. The zero-order chi connectivity index (χ0) is 18.8. The Bertz CT molecular complexity index is 982. The molecule has 0 saturated carbocycles. The van der Waals surface area contributed by atoms with Crippen molar-refractivity contribution in [2.75, 3.05) is 11.9 Å². The number of pyridine rings is 1. The van der Waals surface area contributed by atoms with Crippen LogP contribution >= 0.6 is 0 Å². The molecule has 2 bridgehead atoms. The Labute approximate surface area is 157 Å². The topological polar surface area (TPSA) is 81.9 Å². The molecular formula is C20H21N5O2. The molecule has 0 spiro atoms. The SMILES string of the molecule is Cc1ccc2c(c1)C(=O)Nc1cccc(n1)-c1nncn1C(C)CCCO2. The second-order valence-electron chi connectivity index (χ2n) is 6.76. The lowest BCUT2D eigenvalue weighted by molar-refractivity contribution is 0.102. The van der Waals surface area contributed by atoms with Crippen LogP contribution in [0.25, 0.3) is 11.5 Å². The highest BCUT2D eigenvalue weighted by Gasteiger charge is 2.18. The van der Waals surface area contributed by atoms with E-state index in [0.717, 1.165) is 18.4 Å². The highest BCUT2D eigenvalue weighted by Crippen LogP contribution is 2.25. The first-order chi connectivity index (χ1) is 13.1. The largest absolute Gasteiger partial charge is 0.493 e. The van der Waals surface area contributed by atoms with Crippen molar-refractivity contribution in [1.29, 1.82) is 0 Å². The summed E-state index contributed by atoms with van der Waals surface area (Å²) in [4.78, 5) is 17.4. The number of carbonyl (C=O) groups is 1. The minimum atomic E-state index is -0.245. The molecule has 0 saturated heterocycles. The van der Waals surface area contributed by atoms with Gasteiger partial charge in [0, 0.05) is 6.04 Å². The fraction of sp³-hybridized carbons (Fsp3) is 0.300. The first-order valence-electron chi connectivity index (χ1n) is 9.03. The van der Waals surface area contributed by atoms with Crippen molar-refractivity contribution in [2.24, 2.45) is 0 Å². The Morgan fingerprint density at radius 1 is 1.26 bits per heavy atom. The number of anilines is 1. The third-order valence-corrected chi connectivity index (χ3v) is 4.67. The first-order valence-corrected chi connectivity index (χ1v) is 9.03. The molecule has 0 aliphatic carbocycles. The quantitative estimate of drug-likeness (QED) is 0.659. The molecule has 3 heterocycles. The van der Waals surface area contributed by atoms with E-state index in [4.69, 9.17) is 4.74 Å². The molecule has 3 aromatic rings.